The van der Waals surface area contributed by atoms with E-state index >= 15 is 0 Å². The highest BCUT2D eigenvalue weighted by Gasteiger charge is 2.23. The van der Waals surface area contributed by atoms with Crippen LogP contribution in [0.1, 0.15) is 39.6 Å². The third kappa shape index (κ3) is 6.76. The van der Waals surface area contributed by atoms with Gasteiger partial charge in [-0.3, -0.25) is 14.4 Å². The maximum atomic E-state index is 13.5. The summed E-state index contributed by atoms with van der Waals surface area (Å²) in [4.78, 5) is 43.8. The van der Waals surface area contributed by atoms with Crippen molar-refractivity contribution in [3.05, 3.63) is 95.3 Å². The average Bonchev–Trinajstić information content (AvgIpc) is 2.93. The number of nitrogens with one attached hydrogen (secondary N) is 1. The molecule has 0 bridgehead atoms. The molecule has 1 heterocycles. The summed E-state index contributed by atoms with van der Waals surface area (Å²) >= 11 is 0. The molecule has 0 spiro atoms. The molecule has 7 nitrogen and oxygen atoms in total. The second-order valence-electron chi connectivity index (χ2n) is 9.48. The fourth-order valence-corrected chi connectivity index (χ4v) is 4.50. The molecule has 0 saturated carbocycles. The molecule has 0 aromatic heterocycles. The smallest absolute Gasteiger partial charge is 0.254 e. The molecule has 3 aromatic carbocycles. The molecule has 1 N–H and O–H groups in total. The zero-order valence-corrected chi connectivity index (χ0v) is 21.8. The maximum Gasteiger partial charge on any atom is 0.254 e. The number of halogens is 1. The molecule has 4 rings (SSSR count). The van der Waals surface area contributed by atoms with Crippen molar-refractivity contribution in [2.24, 2.45) is 0 Å². The van der Waals surface area contributed by atoms with Crippen molar-refractivity contribution in [1.82, 2.24) is 9.80 Å². The minimum atomic E-state index is -0.419. The fraction of sp³-hybridized carbons (Fsp3) is 0.300. The van der Waals surface area contributed by atoms with Crippen LogP contribution in [-0.2, 0) is 4.79 Å². The van der Waals surface area contributed by atoms with Crippen LogP contribution in [0.3, 0.4) is 0 Å². The minimum absolute atomic E-state index is 0.0242. The molecule has 1 aliphatic heterocycles. The molecule has 38 heavy (non-hydrogen) atoms. The fourth-order valence-electron chi connectivity index (χ4n) is 4.50. The lowest BCUT2D eigenvalue weighted by atomic mass is 10.1. The van der Waals surface area contributed by atoms with Crippen LogP contribution in [0.25, 0.3) is 0 Å². The second-order valence-corrected chi connectivity index (χ2v) is 9.48. The van der Waals surface area contributed by atoms with E-state index in [1.807, 2.05) is 50.2 Å². The Hall–Kier alpha value is -4.20. The van der Waals surface area contributed by atoms with Crippen LogP contribution >= 0.6 is 0 Å². The van der Waals surface area contributed by atoms with E-state index in [9.17, 15) is 18.8 Å². The van der Waals surface area contributed by atoms with Gasteiger partial charge in [-0.1, -0.05) is 30.7 Å². The predicted molar refractivity (Wildman–Crippen MR) is 147 cm³/mol. The normalized spacial score (nSPS) is 13.2. The van der Waals surface area contributed by atoms with Gasteiger partial charge in [0.15, 0.2) is 0 Å². The number of carbonyl (C=O) groups excluding carboxylic acids is 3. The Morgan fingerprint density at radius 2 is 1.58 bits per heavy atom. The summed E-state index contributed by atoms with van der Waals surface area (Å²) in [5.74, 6) is -0.999. The van der Waals surface area contributed by atoms with Crippen molar-refractivity contribution < 1.29 is 18.8 Å². The van der Waals surface area contributed by atoms with Gasteiger partial charge in [-0.05, 0) is 67.9 Å². The van der Waals surface area contributed by atoms with E-state index in [0.717, 1.165) is 17.7 Å². The Kier molecular flexibility index (Phi) is 8.73. The number of rotatable bonds is 8. The van der Waals surface area contributed by atoms with Gasteiger partial charge in [0, 0.05) is 55.2 Å². The third-order valence-corrected chi connectivity index (χ3v) is 6.57. The number of piperazine rings is 1. The quantitative estimate of drug-likeness (QED) is 0.476. The van der Waals surface area contributed by atoms with E-state index in [4.69, 9.17) is 0 Å². The monoisotopic (exact) mass is 516 g/mol. The van der Waals surface area contributed by atoms with Crippen LogP contribution in [0.5, 0.6) is 0 Å². The number of aryl methyl sites for hydroxylation is 1. The summed E-state index contributed by atoms with van der Waals surface area (Å²) < 4.78 is 13.5. The lowest BCUT2D eigenvalue weighted by Crippen LogP contribution is -2.48. The van der Waals surface area contributed by atoms with Crippen molar-refractivity contribution in [2.45, 2.75) is 20.3 Å². The first-order chi connectivity index (χ1) is 18.3. The molecule has 0 unspecified atom stereocenters. The zero-order chi connectivity index (χ0) is 27.1. The van der Waals surface area contributed by atoms with Crippen LogP contribution < -0.4 is 10.2 Å². The molecule has 1 aliphatic rings. The summed E-state index contributed by atoms with van der Waals surface area (Å²) in [6, 6.07) is 20.7. The molecule has 1 fully saturated rings. The van der Waals surface area contributed by atoms with E-state index in [-0.39, 0.29) is 24.3 Å². The molecule has 198 valence electrons. The summed E-state index contributed by atoms with van der Waals surface area (Å²) in [5.41, 5.74) is 3.64. The van der Waals surface area contributed by atoms with Gasteiger partial charge in [-0.2, -0.15) is 0 Å². The zero-order valence-electron chi connectivity index (χ0n) is 21.8. The van der Waals surface area contributed by atoms with Crippen molar-refractivity contribution in [3.8, 4) is 0 Å². The van der Waals surface area contributed by atoms with Gasteiger partial charge in [0.1, 0.15) is 12.4 Å². The summed E-state index contributed by atoms with van der Waals surface area (Å²) in [7, 11) is 0. The number of nitrogens with zero attached hydrogens (tertiary/aromatic N) is 3. The van der Waals surface area contributed by atoms with Crippen LogP contribution in [0, 0.1) is 12.7 Å². The number of anilines is 2. The highest BCUT2D eigenvalue weighted by Crippen LogP contribution is 2.21. The van der Waals surface area contributed by atoms with Gasteiger partial charge in [-0.15, -0.1) is 0 Å². The molecule has 0 aliphatic carbocycles. The highest BCUT2D eigenvalue weighted by atomic mass is 19.1. The lowest BCUT2D eigenvalue weighted by molar-refractivity contribution is -0.116. The summed E-state index contributed by atoms with van der Waals surface area (Å²) in [6.07, 6.45) is 0.751. The Morgan fingerprint density at radius 3 is 2.21 bits per heavy atom. The van der Waals surface area contributed by atoms with Crippen LogP contribution in [-0.4, -0.2) is 66.8 Å². The van der Waals surface area contributed by atoms with E-state index in [2.05, 4.69) is 10.2 Å². The van der Waals surface area contributed by atoms with Crippen LogP contribution in [0.2, 0.25) is 0 Å². The first kappa shape index (κ1) is 26.9. The molecular formula is C30H33FN4O3. The predicted octanol–water partition coefficient (Wildman–Crippen LogP) is 4.59. The van der Waals surface area contributed by atoms with Gasteiger partial charge in [0.25, 0.3) is 11.8 Å². The van der Waals surface area contributed by atoms with Gasteiger partial charge in [0.05, 0.1) is 0 Å². The first-order valence-corrected chi connectivity index (χ1v) is 12.9. The Bertz CT molecular complexity index is 1270. The Labute approximate surface area is 222 Å². The number of hydrogen-bond donors (Lipinski definition) is 1. The van der Waals surface area contributed by atoms with Crippen LogP contribution in [0.4, 0.5) is 15.8 Å². The van der Waals surface area contributed by atoms with Gasteiger partial charge >= 0.3 is 0 Å². The van der Waals surface area contributed by atoms with Crippen LogP contribution in [0.15, 0.2) is 72.8 Å². The number of benzene rings is 3. The van der Waals surface area contributed by atoms with Crippen molar-refractivity contribution in [1.29, 1.82) is 0 Å². The standard InChI is InChI=1S/C30H33FN4O3/c1-3-15-35(29(37)23-9-7-22(2)8-10-23)21-28(36)32-26-11-13-27(14-12-26)33-16-18-34(19-17-33)30(38)24-5-4-6-25(31)20-24/h4-14,20H,3,15-19,21H2,1-2H3,(H,32,36). The maximum absolute atomic E-state index is 13.5. The topological polar surface area (TPSA) is 73.0 Å². The van der Waals surface area contributed by atoms with Crippen molar-refractivity contribution in [3.63, 3.8) is 0 Å². The largest absolute Gasteiger partial charge is 0.368 e. The molecule has 3 aromatic rings. The lowest BCUT2D eigenvalue weighted by Gasteiger charge is -2.36. The Morgan fingerprint density at radius 1 is 0.895 bits per heavy atom. The van der Waals surface area contributed by atoms with Crippen molar-refractivity contribution >= 4 is 29.1 Å². The minimum Gasteiger partial charge on any atom is -0.368 e. The SMILES string of the molecule is CCCN(CC(=O)Nc1ccc(N2CCN(C(=O)c3cccc(F)c3)CC2)cc1)C(=O)c1ccc(C)cc1. The number of carbonyl (C=O) groups is 3. The van der Waals surface area contributed by atoms with Gasteiger partial charge in [0.2, 0.25) is 5.91 Å². The summed E-state index contributed by atoms with van der Waals surface area (Å²) in [5, 5.41) is 2.89. The highest BCUT2D eigenvalue weighted by molar-refractivity contribution is 5.99. The van der Waals surface area contributed by atoms with Gasteiger partial charge < -0.3 is 20.0 Å². The van der Waals surface area contributed by atoms with E-state index < -0.39 is 5.82 Å². The molecule has 1 saturated heterocycles. The van der Waals surface area contributed by atoms with Gasteiger partial charge in [-0.25, -0.2) is 4.39 Å². The van der Waals surface area contributed by atoms with Crippen molar-refractivity contribution in [2.75, 3.05) is 49.5 Å². The second kappa shape index (κ2) is 12.4. The average molecular weight is 517 g/mol. The number of hydrogen-bond acceptors (Lipinski definition) is 4. The van der Waals surface area contributed by atoms with E-state index in [1.54, 1.807) is 34.1 Å². The van der Waals surface area contributed by atoms with E-state index in [1.165, 1.54) is 12.1 Å². The summed E-state index contributed by atoms with van der Waals surface area (Å²) in [6.45, 7) is 6.79. The molecular weight excluding hydrogens is 483 g/mol. The molecule has 0 radical (unpaired) electrons. The Balaban J connectivity index is 1.30. The third-order valence-electron chi connectivity index (χ3n) is 6.57. The molecule has 8 heteroatoms. The molecule has 0 atom stereocenters. The molecule has 3 amide bonds. The first-order valence-electron chi connectivity index (χ1n) is 12.9. The number of amides is 3. The van der Waals surface area contributed by atoms with E-state index in [0.29, 0.717) is 49.5 Å².